The standard InChI is InChI=1S/C16H25ClN2/c1-3-19(12-16-5-4-10-18-16)13(2)11-14-6-8-15(17)9-7-14/h6-9,13,16,18H,3-5,10-12H2,1-2H3. The summed E-state index contributed by atoms with van der Waals surface area (Å²) in [5.74, 6) is 0. The predicted molar refractivity (Wildman–Crippen MR) is 82.9 cm³/mol. The first kappa shape index (κ1) is 14.8. The third kappa shape index (κ3) is 4.48. The maximum Gasteiger partial charge on any atom is 0.0406 e. The van der Waals surface area contributed by atoms with E-state index in [0.717, 1.165) is 18.0 Å². The van der Waals surface area contributed by atoms with Gasteiger partial charge in [0, 0.05) is 23.7 Å². The second kappa shape index (κ2) is 7.28. The van der Waals surface area contributed by atoms with Gasteiger partial charge >= 0.3 is 0 Å². The van der Waals surface area contributed by atoms with Crippen molar-refractivity contribution in [3.8, 4) is 0 Å². The van der Waals surface area contributed by atoms with Crippen LogP contribution in [-0.4, -0.2) is 36.6 Å². The Morgan fingerprint density at radius 2 is 2.11 bits per heavy atom. The molecule has 106 valence electrons. The maximum absolute atomic E-state index is 5.93. The monoisotopic (exact) mass is 280 g/mol. The lowest BCUT2D eigenvalue weighted by Crippen LogP contribution is -2.43. The summed E-state index contributed by atoms with van der Waals surface area (Å²) in [6.07, 6.45) is 3.75. The largest absolute Gasteiger partial charge is 0.313 e. The van der Waals surface area contributed by atoms with Gasteiger partial charge in [-0.15, -0.1) is 0 Å². The number of halogens is 1. The van der Waals surface area contributed by atoms with Crippen molar-refractivity contribution in [2.45, 2.75) is 45.2 Å². The van der Waals surface area contributed by atoms with E-state index in [1.165, 1.54) is 31.5 Å². The summed E-state index contributed by atoms with van der Waals surface area (Å²) in [5.41, 5.74) is 1.37. The summed E-state index contributed by atoms with van der Waals surface area (Å²) in [4.78, 5) is 2.58. The Hall–Kier alpha value is -0.570. The lowest BCUT2D eigenvalue weighted by molar-refractivity contribution is 0.200. The number of benzene rings is 1. The highest BCUT2D eigenvalue weighted by molar-refractivity contribution is 6.30. The fraction of sp³-hybridized carbons (Fsp3) is 0.625. The van der Waals surface area contributed by atoms with Crippen LogP contribution in [0.1, 0.15) is 32.3 Å². The molecule has 19 heavy (non-hydrogen) atoms. The van der Waals surface area contributed by atoms with E-state index in [1.807, 2.05) is 12.1 Å². The molecule has 1 aromatic carbocycles. The quantitative estimate of drug-likeness (QED) is 0.860. The van der Waals surface area contributed by atoms with Crippen LogP contribution in [0, 0.1) is 0 Å². The smallest absolute Gasteiger partial charge is 0.0406 e. The molecular formula is C16H25ClN2. The molecular weight excluding hydrogens is 256 g/mol. The highest BCUT2D eigenvalue weighted by atomic mass is 35.5. The second-order valence-corrected chi connectivity index (χ2v) is 6.00. The third-order valence-electron chi connectivity index (χ3n) is 4.09. The van der Waals surface area contributed by atoms with Crippen LogP contribution in [-0.2, 0) is 6.42 Å². The Morgan fingerprint density at radius 3 is 2.68 bits per heavy atom. The Bertz CT molecular complexity index is 371. The third-order valence-corrected chi connectivity index (χ3v) is 4.34. The van der Waals surface area contributed by atoms with Crippen molar-refractivity contribution in [3.05, 3.63) is 34.9 Å². The number of rotatable bonds is 6. The van der Waals surface area contributed by atoms with E-state index >= 15 is 0 Å². The number of nitrogens with zero attached hydrogens (tertiary/aromatic N) is 1. The van der Waals surface area contributed by atoms with Gasteiger partial charge in [0.25, 0.3) is 0 Å². The van der Waals surface area contributed by atoms with E-state index in [-0.39, 0.29) is 0 Å². The van der Waals surface area contributed by atoms with Gasteiger partial charge in [0.15, 0.2) is 0 Å². The number of hydrogen-bond donors (Lipinski definition) is 1. The summed E-state index contributed by atoms with van der Waals surface area (Å²) in [5, 5.41) is 4.41. The molecule has 0 bridgehead atoms. The number of hydrogen-bond acceptors (Lipinski definition) is 2. The van der Waals surface area contributed by atoms with Crippen molar-refractivity contribution < 1.29 is 0 Å². The zero-order chi connectivity index (χ0) is 13.7. The van der Waals surface area contributed by atoms with E-state index < -0.39 is 0 Å². The van der Waals surface area contributed by atoms with Crippen LogP contribution in [0.5, 0.6) is 0 Å². The molecule has 2 unspecified atom stereocenters. The van der Waals surface area contributed by atoms with Crippen LogP contribution in [0.2, 0.25) is 5.02 Å². The van der Waals surface area contributed by atoms with Crippen LogP contribution in [0.4, 0.5) is 0 Å². The van der Waals surface area contributed by atoms with Gasteiger partial charge < -0.3 is 5.32 Å². The minimum atomic E-state index is 0.577. The molecule has 0 radical (unpaired) electrons. The zero-order valence-corrected chi connectivity index (χ0v) is 12.8. The van der Waals surface area contributed by atoms with Crippen LogP contribution >= 0.6 is 11.6 Å². The van der Waals surface area contributed by atoms with E-state index in [0.29, 0.717) is 12.1 Å². The molecule has 1 saturated heterocycles. The molecule has 3 heteroatoms. The minimum absolute atomic E-state index is 0.577. The molecule has 0 spiro atoms. The molecule has 0 amide bonds. The van der Waals surface area contributed by atoms with Crippen LogP contribution in [0.25, 0.3) is 0 Å². The van der Waals surface area contributed by atoms with Crippen molar-refractivity contribution in [2.75, 3.05) is 19.6 Å². The van der Waals surface area contributed by atoms with Crippen molar-refractivity contribution >= 4 is 11.6 Å². The molecule has 2 nitrogen and oxygen atoms in total. The van der Waals surface area contributed by atoms with Crippen molar-refractivity contribution in [3.63, 3.8) is 0 Å². The van der Waals surface area contributed by atoms with Gasteiger partial charge in [-0.2, -0.15) is 0 Å². The van der Waals surface area contributed by atoms with E-state index in [4.69, 9.17) is 11.6 Å². The Labute approximate surface area is 122 Å². The summed E-state index contributed by atoms with van der Waals surface area (Å²) >= 11 is 5.93. The first-order valence-corrected chi connectivity index (χ1v) is 7.78. The van der Waals surface area contributed by atoms with Gasteiger partial charge in [-0.25, -0.2) is 0 Å². The van der Waals surface area contributed by atoms with Gasteiger partial charge in [0.05, 0.1) is 0 Å². The molecule has 2 rings (SSSR count). The summed E-state index contributed by atoms with van der Waals surface area (Å²) in [6, 6.07) is 9.51. The van der Waals surface area contributed by atoms with E-state index in [9.17, 15) is 0 Å². The Kier molecular flexibility index (Phi) is 5.68. The fourth-order valence-corrected chi connectivity index (χ4v) is 3.03. The molecule has 1 heterocycles. The zero-order valence-electron chi connectivity index (χ0n) is 12.0. The van der Waals surface area contributed by atoms with Crippen LogP contribution < -0.4 is 5.32 Å². The lowest BCUT2D eigenvalue weighted by atomic mass is 10.1. The summed E-state index contributed by atoms with van der Waals surface area (Å²) < 4.78 is 0. The summed E-state index contributed by atoms with van der Waals surface area (Å²) in [7, 11) is 0. The van der Waals surface area contributed by atoms with Gasteiger partial charge in [-0.05, 0) is 57.0 Å². The highest BCUT2D eigenvalue weighted by Crippen LogP contribution is 2.15. The highest BCUT2D eigenvalue weighted by Gasteiger charge is 2.20. The summed E-state index contributed by atoms with van der Waals surface area (Å²) in [6.45, 7) is 8.06. The first-order valence-electron chi connectivity index (χ1n) is 7.41. The predicted octanol–water partition coefficient (Wildman–Crippen LogP) is 3.34. The van der Waals surface area contributed by atoms with Gasteiger partial charge in [-0.1, -0.05) is 30.7 Å². The van der Waals surface area contributed by atoms with E-state index in [1.54, 1.807) is 0 Å². The van der Waals surface area contributed by atoms with Crippen LogP contribution in [0.3, 0.4) is 0 Å². The molecule has 2 atom stereocenters. The molecule has 1 fully saturated rings. The number of likely N-dealkylation sites (N-methyl/N-ethyl adjacent to an activating group) is 1. The average molecular weight is 281 g/mol. The van der Waals surface area contributed by atoms with Crippen molar-refractivity contribution in [1.82, 2.24) is 10.2 Å². The van der Waals surface area contributed by atoms with Gasteiger partial charge in [0.2, 0.25) is 0 Å². The van der Waals surface area contributed by atoms with E-state index in [2.05, 4.69) is 36.2 Å². The van der Waals surface area contributed by atoms with Crippen LogP contribution in [0.15, 0.2) is 24.3 Å². The SMILES string of the molecule is CCN(CC1CCCN1)C(C)Cc1ccc(Cl)cc1. The van der Waals surface area contributed by atoms with Crippen molar-refractivity contribution in [1.29, 1.82) is 0 Å². The molecule has 0 saturated carbocycles. The molecule has 1 aliphatic heterocycles. The first-order chi connectivity index (χ1) is 9.19. The Morgan fingerprint density at radius 1 is 1.37 bits per heavy atom. The second-order valence-electron chi connectivity index (χ2n) is 5.56. The molecule has 1 N–H and O–H groups in total. The molecule has 0 aliphatic carbocycles. The lowest BCUT2D eigenvalue weighted by Gasteiger charge is -2.30. The number of nitrogens with one attached hydrogen (secondary N) is 1. The molecule has 1 aromatic rings. The van der Waals surface area contributed by atoms with Gasteiger partial charge in [-0.3, -0.25) is 4.90 Å². The van der Waals surface area contributed by atoms with Gasteiger partial charge in [0.1, 0.15) is 0 Å². The molecule has 1 aliphatic rings. The van der Waals surface area contributed by atoms with Crippen molar-refractivity contribution in [2.24, 2.45) is 0 Å². The molecule has 0 aromatic heterocycles. The fourth-order valence-electron chi connectivity index (χ4n) is 2.91. The maximum atomic E-state index is 5.93. The normalized spacial score (nSPS) is 20.9. The Balaban J connectivity index is 1.88. The minimum Gasteiger partial charge on any atom is -0.313 e. The average Bonchev–Trinajstić information content (AvgIpc) is 2.91. The topological polar surface area (TPSA) is 15.3 Å².